The second-order valence-electron chi connectivity index (χ2n) is 4.50. The molecule has 1 atom stereocenters. The molecule has 0 saturated carbocycles. The monoisotopic (exact) mass is 294 g/mol. The Balaban J connectivity index is 2.50. The first-order chi connectivity index (χ1) is 8.15. The predicted molar refractivity (Wildman–Crippen MR) is 77.5 cm³/mol. The Kier molecular flexibility index (Phi) is 3.89. The number of hydrogen-bond donors (Lipinski definition) is 1. The number of nitrogens with one attached hydrogen (secondary N) is 1. The van der Waals surface area contributed by atoms with Crippen LogP contribution >= 0.6 is 15.9 Å². The van der Waals surface area contributed by atoms with Crippen molar-refractivity contribution in [3.63, 3.8) is 0 Å². The summed E-state index contributed by atoms with van der Waals surface area (Å²) < 4.78 is 3.47. The van der Waals surface area contributed by atoms with Crippen LogP contribution in [-0.2, 0) is 13.0 Å². The minimum absolute atomic E-state index is 0.505. The zero-order chi connectivity index (χ0) is 12.4. The highest BCUT2D eigenvalue weighted by atomic mass is 79.9. The number of benzene rings is 1. The fourth-order valence-corrected chi connectivity index (χ4v) is 2.56. The zero-order valence-corrected chi connectivity index (χ0v) is 12.2. The van der Waals surface area contributed by atoms with E-state index in [1.165, 1.54) is 16.5 Å². The molecule has 2 nitrogen and oxygen atoms in total. The van der Waals surface area contributed by atoms with Gasteiger partial charge < -0.3 is 9.88 Å². The fourth-order valence-electron chi connectivity index (χ4n) is 2.20. The molecule has 0 saturated heterocycles. The maximum absolute atomic E-state index is 3.56. The van der Waals surface area contributed by atoms with Crippen molar-refractivity contribution >= 4 is 26.8 Å². The van der Waals surface area contributed by atoms with E-state index in [2.05, 4.69) is 64.1 Å². The van der Waals surface area contributed by atoms with Crippen molar-refractivity contribution < 1.29 is 0 Å². The van der Waals surface area contributed by atoms with Gasteiger partial charge in [-0.05, 0) is 51.1 Å². The van der Waals surface area contributed by atoms with Crippen molar-refractivity contribution in [2.75, 3.05) is 7.05 Å². The highest BCUT2D eigenvalue weighted by Crippen LogP contribution is 2.26. The van der Waals surface area contributed by atoms with Gasteiger partial charge in [0.15, 0.2) is 0 Å². The van der Waals surface area contributed by atoms with Gasteiger partial charge in [0.2, 0.25) is 0 Å². The van der Waals surface area contributed by atoms with Gasteiger partial charge in [-0.25, -0.2) is 0 Å². The number of rotatable bonds is 4. The first-order valence-corrected chi connectivity index (χ1v) is 6.89. The SMILES string of the molecule is CCn1cc(CC(C)NC)c2cc(Br)ccc21. The molecular weight excluding hydrogens is 276 g/mol. The number of halogens is 1. The van der Waals surface area contributed by atoms with Gasteiger partial charge in [-0.2, -0.15) is 0 Å². The molecule has 2 rings (SSSR count). The molecule has 0 spiro atoms. The largest absolute Gasteiger partial charge is 0.347 e. The van der Waals surface area contributed by atoms with Crippen LogP contribution in [0.2, 0.25) is 0 Å². The van der Waals surface area contributed by atoms with Crippen LogP contribution in [0.15, 0.2) is 28.9 Å². The Morgan fingerprint density at radius 1 is 1.41 bits per heavy atom. The molecule has 3 heteroatoms. The standard InChI is InChI=1S/C14H19BrN2/c1-4-17-9-11(7-10(2)16-3)13-8-12(15)5-6-14(13)17/h5-6,8-10,16H,4,7H2,1-3H3. The molecular formula is C14H19BrN2. The van der Waals surface area contributed by atoms with Gasteiger partial charge in [0.1, 0.15) is 0 Å². The average molecular weight is 295 g/mol. The van der Waals surface area contributed by atoms with Gasteiger partial charge in [-0.1, -0.05) is 15.9 Å². The lowest BCUT2D eigenvalue weighted by Crippen LogP contribution is -2.23. The summed E-state index contributed by atoms with van der Waals surface area (Å²) in [5.41, 5.74) is 2.75. The smallest absolute Gasteiger partial charge is 0.0483 e. The van der Waals surface area contributed by atoms with Crippen LogP contribution in [0.3, 0.4) is 0 Å². The van der Waals surface area contributed by atoms with E-state index < -0.39 is 0 Å². The molecule has 0 bridgehead atoms. The molecule has 0 aliphatic rings. The van der Waals surface area contributed by atoms with Crippen molar-refractivity contribution in [3.05, 3.63) is 34.4 Å². The highest BCUT2D eigenvalue weighted by Gasteiger charge is 2.10. The van der Waals surface area contributed by atoms with Crippen molar-refractivity contribution in [1.29, 1.82) is 0 Å². The van der Waals surface area contributed by atoms with Crippen LogP contribution in [0.4, 0.5) is 0 Å². The Morgan fingerprint density at radius 3 is 2.82 bits per heavy atom. The van der Waals surface area contributed by atoms with E-state index in [9.17, 15) is 0 Å². The number of fused-ring (bicyclic) bond motifs is 1. The average Bonchev–Trinajstić information content (AvgIpc) is 2.66. The second kappa shape index (κ2) is 5.23. The predicted octanol–water partition coefficient (Wildman–Crippen LogP) is 3.57. The Labute approximate surface area is 111 Å². The Morgan fingerprint density at radius 2 is 2.18 bits per heavy atom. The number of hydrogen-bond acceptors (Lipinski definition) is 1. The van der Waals surface area contributed by atoms with Crippen LogP contribution in [0.25, 0.3) is 10.9 Å². The molecule has 0 aliphatic carbocycles. The van der Waals surface area contributed by atoms with Crippen molar-refractivity contribution in [3.8, 4) is 0 Å². The lowest BCUT2D eigenvalue weighted by molar-refractivity contribution is 0.609. The third-order valence-electron chi connectivity index (χ3n) is 3.29. The van der Waals surface area contributed by atoms with Gasteiger partial charge in [0.05, 0.1) is 0 Å². The third-order valence-corrected chi connectivity index (χ3v) is 3.78. The molecule has 1 N–H and O–H groups in total. The molecule has 0 aliphatic heterocycles. The van der Waals surface area contributed by atoms with Crippen LogP contribution in [-0.4, -0.2) is 17.7 Å². The molecule has 1 aromatic carbocycles. The quantitative estimate of drug-likeness (QED) is 0.912. The van der Waals surface area contributed by atoms with Crippen LogP contribution in [0, 0.1) is 0 Å². The maximum atomic E-state index is 3.56. The van der Waals surface area contributed by atoms with E-state index in [1.807, 2.05) is 7.05 Å². The maximum Gasteiger partial charge on any atom is 0.0483 e. The van der Waals surface area contributed by atoms with E-state index in [-0.39, 0.29) is 0 Å². The minimum Gasteiger partial charge on any atom is -0.347 e. The summed E-state index contributed by atoms with van der Waals surface area (Å²) in [6.45, 7) is 5.42. The van der Waals surface area contributed by atoms with Crippen LogP contribution in [0.5, 0.6) is 0 Å². The van der Waals surface area contributed by atoms with E-state index in [0.717, 1.165) is 17.4 Å². The normalized spacial score (nSPS) is 13.2. The van der Waals surface area contributed by atoms with Crippen molar-refractivity contribution in [2.24, 2.45) is 0 Å². The van der Waals surface area contributed by atoms with Gasteiger partial charge in [0, 0.05) is 34.2 Å². The second-order valence-corrected chi connectivity index (χ2v) is 5.41. The molecule has 0 radical (unpaired) electrons. The Hall–Kier alpha value is -0.800. The summed E-state index contributed by atoms with van der Waals surface area (Å²) in [6, 6.07) is 7.03. The van der Waals surface area contributed by atoms with E-state index in [1.54, 1.807) is 0 Å². The first kappa shape index (κ1) is 12.7. The molecule has 0 amide bonds. The summed E-state index contributed by atoms with van der Waals surface area (Å²) >= 11 is 3.56. The van der Waals surface area contributed by atoms with Crippen molar-refractivity contribution in [2.45, 2.75) is 32.9 Å². The number of aryl methyl sites for hydroxylation is 1. The van der Waals surface area contributed by atoms with Gasteiger partial charge in [0.25, 0.3) is 0 Å². The summed E-state index contributed by atoms with van der Waals surface area (Å²) in [7, 11) is 2.01. The molecule has 17 heavy (non-hydrogen) atoms. The number of nitrogens with zero attached hydrogens (tertiary/aromatic N) is 1. The lowest BCUT2D eigenvalue weighted by atomic mass is 10.1. The summed E-state index contributed by atoms with van der Waals surface area (Å²) in [5.74, 6) is 0. The summed E-state index contributed by atoms with van der Waals surface area (Å²) in [6.07, 6.45) is 3.35. The number of likely N-dealkylation sites (N-methyl/N-ethyl adjacent to an activating group) is 1. The van der Waals surface area contributed by atoms with E-state index in [0.29, 0.717) is 6.04 Å². The van der Waals surface area contributed by atoms with Gasteiger partial charge >= 0.3 is 0 Å². The highest BCUT2D eigenvalue weighted by molar-refractivity contribution is 9.10. The van der Waals surface area contributed by atoms with Crippen molar-refractivity contribution in [1.82, 2.24) is 9.88 Å². The minimum atomic E-state index is 0.505. The fraction of sp³-hybridized carbons (Fsp3) is 0.429. The first-order valence-electron chi connectivity index (χ1n) is 6.10. The summed E-state index contributed by atoms with van der Waals surface area (Å²) in [5, 5.41) is 4.66. The van der Waals surface area contributed by atoms with E-state index in [4.69, 9.17) is 0 Å². The lowest BCUT2D eigenvalue weighted by Gasteiger charge is -2.08. The van der Waals surface area contributed by atoms with Gasteiger partial charge in [-0.15, -0.1) is 0 Å². The molecule has 1 unspecified atom stereocenters. The third kappa shape index (κ3) is 2.55. The molecule has 2 aromatic rings. The number of aromatic nitrogens is 1. The molecule has 1 heterocycles. The molecule has 92 valence electrons. The topological polar surface area (TPSA) is 17.0 Å². The zero-order valence-electron chi connectivity index (χ0n) is 10.6. The van der Waals surface area contributed by atoms with Crippen LogP contribution in [0.1, 0.15) is 19.4 Å². The Bertz CT molecular complexity index is 516. The van der Waals surface area contributed by atoms with Crippen LogP contribution < -0.4 is 5.32 Å². The van der Waals surface area contributed by atoms with Gasteiger partial charge in [-0.3, -0.25) is 0 Å². The summed E-state index contributed by atoms with van der Waals surface area (Å²) in [4.78, 5) is 0. The molecule has 0 fully saturated rings. The van der Waals surface area contributed by atoms with E-state index >= 15 is 0 Å². The molecule has 1 aromatic heterocycles.